The normalized spacial score (nSPS) is 11.8. The number of carboxylic acid groups (broad SMARTS) is 2. The van der Waals surface area contributed by atoms with Crippen LogP contribution in [0.25, 0.3) is 0 Å². The number of hydrogen-bond acceptors (Lipinski definition) is 5. The number of carboxylic acids is 2. The van der Waals surface area contributed by atoms with Crippen LogP contribution in [-0.2, 0) is 9.59 Å². The molecule has 1 amide bonds. The zero-order chi connectivity index (χ0) is 13.0. The van der Waals surface area contributed by atoms with Crippen molar-refractivity contribution in [1.29, 1.82) is 0 Å². The zero-order valence-corrected chi connectivity index (χ0v) is 8.84. The Morgan fingerprint density at radius 2 is 2.12 bits per heavy atom. The summed E-state index contributed by atoms with van der Waals surface area (Å²) >= 11 is 0. The average Bonchev–Trinajstić information content (AvgIpc) is 2.62. The van der Waals surface area contributed by atoms with Crippen molar-refractivity contribution in [2.45, 2.75) is 19.4 Å². The van der Waals surface area contributed by atoms with E-state index in [4.69, 9.17) is 10.2 Å². The molecule has 0 spiro atoms. The van der Waals surface area contributed by atoms with Crippen LogP contribution in [-0.4, -0.2) is 39.3 Å². The molecule has 17 heavy (non-hydrogen) atoms. The zero-order valence-electron chi connectivity index (χ0n) is 8.84. The Kier molecular flexibility index (Phi) is 3.81. The van der Waals surface area contributed by atoms with Gasteiger partial charge in [0.1, 0.15) is 6.04 Å². The number of aromatic nitrogens is 1. The second kappa shape index (κ2) is 5.10. The van der Waals surface area contributed by atoms with Crippen LogP contribution in [0.1, 0.15) is 22.5 Å². The van der Waals surface area contributed by atoms with Crippen LogP contribution < -0.4 is 5.32 Å². The van der Waals surface area contributed by atoms with E-state index in [-0.39, 0.29) is 5.76 Å². The van der Waals surface area contributed by atoms with Crippen LogP contribution >= 0.6 is 0 Å². The van der Waals surface area contributed by atoms with Gasteiger partial charge in [-0.15, -0.1) is 0 Å². The molecule has 3 N–H and O–H groups in total. The molecule has 92 valence electrons. The molecule has 8 nitrogen and oxygen atoms in total. The molecule has 1 atom stereocenters. The SMILES string of the molecule is Cc1cnoc1C(=O)NC(CC(=O)O)C(=O)O. The molecule has 0 aliphatic carbocycles. The number of rotatable bonds is 5. The van der Waals surface area contributed by atoms with Gasteiger partial charge in [-0.25, -0.2) is 4.79 Å². The largest absolute Gasteiger partial charge is 0.481 e. The van der Waals surface area contributed by atoms with E-state index in [0.29, 0.717) is 5.56 Å². The molecule has 0 bridgehead atoms. The van der Waals surface area contributed by atoms with Crippen molar-refractivity contribution in [3.8, 4) is 0 Å². The van der Waals surface area contributed by atoms with Gasteiger partial charge in [0.05, 0.1) is 12.6 Å². The number of nitrogens with zero attached hydrogens (tertiary/aromatic N) is 1. The highest BCUT2D eigenvalue weighted by Gasteiger charge is 2.25. The first-order valence-corrected chi connectivity index (χ1v) is 4.58. The number of carbonyl (C=O) groups is 3. The van der Waals surface area contributed by atoms with Gasteiger partial charge in [0, 0.05) is 5.56 Å². The first kappa shape index (κ1) is 12.7. The fourth-order valence-electron chi connectivity index (χ4n) is 1.11. The maximum atomic E-state index is 11.5. The topological polar surface area (TPSA) is 130 Å². The van der Waals surface area contributed by atoms with Crippen LogP contribution in [0.5, 0.6) is 0 Å². The fraction of sp³-hybridized carbons (Fsp3) is 0.333. The summed E-state index contributed by atoms with van der Waals surface area (Å²) < 4.78 is 4.61. The third kappa shape index (κ3) is 3.30. The molecule has 0 aromatic carbocycles. The van der Waals surface area contributed by atoms with E-state index in [1.54, 1.807) is 6.92 Å². The minimum Gasteiger partial charge on any atom is -0.481 e. The first-order valence-electron chi connectivity index (χ1n) is 4.58. The third-order valence-electron chi connectivity index (χ3n) is 1.94. The minimum absolute atomic E-state index is 0.137. The number of carbonyl (C=O) groups excluding carboxylic acids is 1. The number of amides is 1. The van der Waals surface area contributed by atoms with E-state index in [2.05, 4.69) is 9.68 Å². The first-order chi connectivity index (χ1) is 7.91. The summed E-state index contributed by atoms with van der Waals surface area (Å²) in [6.07, 6.45) is 0.580. The minimum atomic E-state index is -1.51. The van der Waals surface area contributed by atoms with Gasteiger partial charge in [0.2, 0.25) is 5.76 Å². The lowest BCUT2D eigenvalue weighted by molar-refractivity contribution is -0.145. The van der Waals surface area contributed by atoms with E-state index in [1.165, 1.54) is 6.20 Å². The summed E-state index contributed by atoms with van der Waals surface area (Å²) in [5, 5.41) is 22.6. The molecule has 1 rings (SSSR count). The van der Waals surface area contributed by atoms with Gasteiger partial charge in [-0.05, 0) is 6.92 Å². The van der Waals surface area contributed by atoms with Crippen LogP contribution in [0, 0.1) is 6.92 Å². The summed E-state index contributed by atoms with van der Waals surface area (Å²) in [7, 11) is 0. The summed E-state index contributed by atoms with van der Waals surface area (Å²) in [5.41, 5.74) is 0.432. The highest BCUT2D eigenvalue weighted by molar-refractivity contribution is 5.96. The standard InChI is InChI=1S/C9H10N2O6/c1-4-3-10-17-7(4)8(14)11-5(9(15)16)2-6(12)13/h3,5H,2H2,1H3,(H,11,14)(H,12,13)(H,15,16). The van der Waals surface area contributed by atoms with Gasteiger partial charge in [-0.1, -0.05) is 5.16 Å². The summed E-state index contributed by atoms with van der Waals surface area (Å²) in [6.45, 7) is 1.55. The van der Waals surface area contributed by atoms with Gasteiger partial charge >= 0.3 is 11.9 Å². The lowest BCUT2D eigenvalue weighted by atomic mass is 10.2. The summed E-state index contributed by atoms with van der Waals surface area (Å²) in [5.74, 6) is -3.71. The molecule has 0 radical (unpaired) electrons. The number of aliphatic carboxylic acids is 2. The summed E-state index contributed by atoms with van der Waals surface area (Å²) in [6, 6.07) is -1.51. The van der Waals surface area contributed by atoms with Crippen LogP contribution in [0.2, 0.25) is 0 Å². The Labute approximate surface area is 95.2 Å². The lowest BCUT2D eigenvalue weighted by Gasteiger charge is -2.10. The number of aryl methyl sites for hydroxylation is 1. The molecule has 1 unspecified atom stereocenters. The predicted molar refractivity (Wildman–Crippen MR) is 52.4 cm³/mol. The quantitative estimate of drug-likeness (QED) is 0.642. The second-order valence-electron chi connectivity index (χ2n) is 3.30. The smallest absolute Gasteiger partial charge is 0.326 e. The predicted octanol–water partition coefficient (Wildman–Crippen LogP) is -0.359. The fourth-order valence-corrected chi connectivity index (χ4v) is 1.11. The van der Waals surface area contributed by atoms with Gasteiger partial charge in [0.25, 0.3) is 5.91 Å². The molecule has 0 saturated carbocycles. The Morgan fingerprint density at radius 3 is 2.53 bits per heavy atom. The Bertz CT molecular complexity index is 452. The Morgan fingerprint density at radius 1 is 1.47 bits per heavy atom. The molecule has 1 aromatic heterocycles. The highest BCUT2D eigenvalue weighted by atomic mass is 16.5. The van der Waals surface area contributed by atoms with Crippen molar-refractivity contribution in [2.24, 2.45) is 0 Å². The number of hydrogen-bond donors (Lipinski definition) is 3. The molecule has 0 fully saturated rings. The van der Waals surface area contributed by atoms with Gasteiger partial charge in [-0.2, -0.15) is 0 Å². The molecule has 0 aliphatic heterocycles. The lowest BCUT2D eigenvalue weighted by Crippen LogP contribution is -2.42. The molecule has 8 heteroatoms. The van der Waals surface area contributed by atoms with Gasteiger partial charge in [0.15, 0.2) is 0 Å². The van der Waals surface area contributed by atoms with Crippen molar-refractivity contribution < 1.29 is 29.1 Å². The maximum absolute atomic E-state index is 11.5. The van der Waals surface area contributed by atoms with E-state index in [0.717, 1.165) is 0 Å². The summed E-state index contributed by atoms with van der Waals surface area (Å²) in [4.78, 5) is 32.6. The van der Waals surface area contributed by atoms with E-state index in [1.807, 2.05) is 5.32 Å². The Hall–Kier alpha value is -2.38. The molecular weight excluding hydrogens is 232 g/mol. The maximum Gasteiger partial charge on any atom is 0.326 e. The Balaban J connectivity index is 2.74. The molecule has 0 aliphatic rings. The van der Waals surface area contributed by atoms with Crippen molar-refractivity contribution in [3.05, 3.63) is 17.5 Å². The van der Waals surface area contributed by atoms with Crippen molar-refractivity contribution >= 4 is 17.8 Å². The highest BCUT2D eigenvalue weighted by Crippen LogP contribution is 2.06. The van der Waals surface area contributed by atoms with Crippen LogP contribution in [0.3, 0.4) is 0 Å². The van der Waals surface area contributed by atoms with Crippen molar-refractivity contribution in [3.63, 3.8) is 0 Å². The molecular formula is C9H10N2O6. The molecule has 1 aromatic rings. The third-order valence-corrected chi connectivity index (χ3v) is 1.94. The van der Waals surface area contributed by atoms with Crippen LogP contribution in [0.4, 0.5) is 0 Å². The van der Waals surface area contributed by atoms with Crippen LogP contribution in [0.15, 0.2) is 10.7 Å². The molecule has 0 saturated heterocycles. The van der Waals surface area contributed by atoms with E-state index in [9.17, 15) is 14.4 Å². The van der Waals surface area contributed by atoms with Crippen molar-refractivity contribution in [1.82, 2.24) is 10.5 Å². The van der Waals surface area contributed by atoms with E-state index < -0.39 is 30.3 Å². The molecule has 1 heterocycles. The second-order valence-corrected chi connectivity index (χ2v) is 3.30. The average molecular weight is 242 g/mol. The van der Waals surface area contributed by atoms with Gasteiger partial charge < -0.3 is 20.1 Å². The van der Waals surface area contributed by atoms with Crippen molar-refractivity contribution in [2.75, 3.05) is 0 Å². The van der Waals surface area contributed by atoms with Gasteiger partial charge in [-0.3, -0.25) is 9.59 Å². The van der Waals surface area contributed by atoms with E-state index >= 15 is 0 Å². The number of nitrogens with one attached hydrogen (secondary N) is 1. The monoisotopic (exact) mass is 242 g/mol.